The van der Waals surface area contributed by atoms with E-state index < -0.39 is 5.91 Å². The second kappa shape index (κ2) is 4.79. The van der Waals surface area contributed by atoms with Gasteiger partial charge >= 0.3 is 0 Å². The van der Waals surface area contributed by atoms with E-state index >= 15 is 0 Å². The zero-order valence-electron chi connectivity index (χ0n) is 12.7. The second-order valence-electron chi connectivity index (χ2n) is 7.11. The standard InChI is InChI=1S/C18H15BrN2O3/c19-9-3-1-8(2-4-9)16(22)20-21-17(23)14-10-5-6-11(13-7-12(10)13)15(14)18(21)24/h1-6,10-15H,7H2,(H,20,22)/t10-,11+,12+,13-,14-,15+. The maximum atomic E-state index is 12.8. The van der Waals surface area contributed by atoms with Crippen LogP contribution in [0.15, 0.2) is 40.9 Å². The Kier molecular flexibility index (Phi) is 2.87. The molecule has 6 heteroatoms. The molecular weight excluding hydrogens is 372 g/mol. The molecule has 1 aliphatic heterocycles. The summed E-state index contributed by atoms with van der Waals surface area (Å²) in [6.07, 6.45) is 5.36. The smallest absolute Gasteiger partial charge is 0.270 e. The largest absolute Gasteiger partial charge is 0.272 e. The lowest BCUT2D eigenvalue weighted by atomic mass is 9.63. The van der Waals surface area contributed by atoms with Crippen molar-refractivity contribution in [2.45, 2.75) is 6.42 Å². The first kappa shape index (κ1) is 14.4. The topological polar surface area (TPSA) is 66.5 Å². The predicted octanol–water partition coefficient (Wildman–Crippen LogP) is 2.15. The summed E-state index contributed by atoms with van der Waals surface area (Å²) in [6.45, 7) is 0. The molecule has 24 heavy (non-hydrogen) atoms. The van der Waals surface area contributed by atoms with Gasteiger partial charge in [-0.15, -0.1) is 0 Å². The fourth-order valence-corrected chi connectivity index (χ4v) is 5.10. The van der Waals surface area contributed by atoms with Crippen LogP contribution in [-0.2, 0) is 9.59 Å². The first-order valence-corrected chi connectivity index (χ1v) is 8.98. The molecule has 122 valence electrons. The van der Waals surface area contributed by atoms with Crippen LogP contribution < -0.4 is 5.43 Å². The molecule has 1 aromatic rings. The van der Waals surface area contributed by atoms with Crippen molar-refractivity contribution >= 4 is 33.7 Å². The van der Waals surface area contributed by atoms with Crippen LogP contribution in [0.25, 0.3) is 0 Å². The molecule has 0 unspecified atom stereocenters. The zero-order valence-corrected chi connectivity index (χ0v) is 14.3. The van der Waals surface area contributed by atoms with Gasteiger partial charge in [0.25, 0.3) is 17.7 Å². The summed E-state index contributed by atoms with van der Waals surface area (Å²) in [6, 6.07) is 6.80. The number of benzene rings is 1. The highest BCUT2D eigenvalue weighted by Gasteiger charge is 2.67. The molecule has 3 amide bonds. The van der Waals surface area contributed by atoms with Gasteiger partial charge in [0.1, 0.15) is 0 Å². The average Bonchev–Trinajstić information content (AvgIpc) is 3.36. The van der Waals surface area contributed by atoms with Crippen LogP contribution in [0.5, 0.6) is 0 Å². The molecule has 6 rings (SSSR count). The van der Waals surface area contributed by atoms with Gasteiger partial charge in [0.05, 0.1) is 11.8 Å². The number of carbonyl (C=O) groups is 3. The van der Waals surface area contributed by atoms with Crippen molar-refractivity contribution in [2.75, 3.05) is 0 Å². The van der Waals surface area contributed by atoms with Gasteiger partial charge in [-0.2, -0.15) is 5.01 Å². The maximum absolute atomic E-state index is 12.8. The minimum atomic E-state index is -0.437. The molecule has 6 atom stereocenters. The number of hydrogen-bond donors (Lipinski definition) is 1. The molecule has 1 N–H and O–H groups in total. The monoisotopic (exact) mass is 386 g/mol. The fourth-order valence-electron chi connectivity index (χ4n) is 4.83. The van der Waals surface area contributed by atoms with Crippen LogP contribution in [0.2, 0.25) is 0 Å². The molecule has 2 bridgehead atoms. The van der Waals surface area contributed by atoms with Gasteiger partial charge in [-0.25, -0.2) is 0 Å². The van der Waals surface area contributed by atoms with E-state index in [1.807, 2.05) is 0 Å². The van der Waals surface area contributed by atoms with E-state index in [9.17, 15) is 14.4 Å². The van der Waals surface area contributed by atoms with Crippen molar-refractivity contribution in [1.82, 2.24) is 10.4 Å². The van der Waals surface area contributed by atoms with Crippen molar-refractivity contribution in [2.24, 2.45) is 35.5 Å². The Bertz CT molecular complexity index is 767. The summed E-state index contributed by atoms with van der Waals surface area (Å²) < 4.78 is 0.861. The molecule has 0 spiro atoms. The zero-order chi connectivity index (χ0) is 16.6. The Morgan fingerprint density at radius 2 is 1.54 bits per heavy atom. The summed E-state index contributed by atoms with van der Waals surface area (Å²) in [5, 5.41) is 0.970. The van der Waals surface area contributed by atoms with E-state index in [-0.39, 0.29) is 35.5 Å². The number of nitrogens with zero attached hydrogens (tertiary/aromatic N) is 1. The highest BCUT2D eigenvalue weighted by molar-refractivity contribution is 9.10. The number of nitrogens with one attached hydrogen (secondary N) is 1. The van der Waals surface area contributed by atoms with Gasteiger partial charge in [-0.1, -0.05) is 28.1 Å². The van der Waals surface area contributed by atoms with E-state index in [4.69, 9.17) is 0 Å². The lowest BCUT2D eigenvalue weighted by Gasteiger charge is -2.37. The first-order chi connectivity index (χ1) is 11.6. The van der Waals surface area contributed by atoms with E-state index in [0.717, 1.165) is 15.9 Å². The van der Waals surface area contributed by atoms with Crippen molar-refractivity contribution < 1.29 is 14.4 Å². The number of imide groups is 1. The van der Waals surface area contributed by atoms with Gasteiger partial charge in [0, 0.05) is 10.0 Å². The summed E-state index contributed by atoms with van der Waals surface area (Å²) in [5.74, 6) is -0.0797. The lowest BCUT2D eigenvalue weighted by Crippen LogP contribution is -2.46. The third kappa shape index (κ3) is 1.83. The Balaban J connectivity index is 1.40. The van der Waals surface area contributed by atoms with Crippen molar-refractivity contribution in [1.29, 1.82) is 0 Å². The normalized spacial score (nSPS) is 38.1. The quantitative estimate of drug-likeness (QED) is 0.625. The van der Waals surface area contributed by atoms with Crippen LogP contribution in [0.3, 0.4) is 0 Å². The third-order valence-electron chi connectivity index (χ3n) is 5.98. The second-order valence-corrected chi connectivity index (χ2v) is 8.03. The number of hydrazine groups is 1. The first-order valence-electron chi connectivity index (χ1n) is 8.19. The summed E-state index contributed by atoms with van der Waals surface area (Å²) >= 11 is 3.32. The minimum absolute atomic E-state index is 0.163. The summed E-state index contributed by atoms with van der Waals surface area (Å²) in [5.41, 5.74) is 2.94. The van der Waals surface area contributed by atoms with E-state index in [2.05, 4.69) is 33.5 Å². The number of allylic oxidation sites excluding steroid dienone is 2. The van der Waals surface area contributed by atoms with Crippen molar-refractivity contribution in [3.8, 4) is 0 Å². The molecule has 5 aliphatic rings. The molecule has 1 aromatic carbocycles. The maximum Gasteiger partial charge on any atom is 0.270 e. The van der Waals surface area contributed by atoms with Gasteiger partial charge in [-0.3, -0.25) is 19.8 Å². The lowest BCUT2D eigenvalue weighted by molar-refractivity contribution is -0.143. The number of hydrogen-bond acceptors (Lipinski definition) is 3. The third-order valence-corrected chi connectivity index (χ3v) is 6.51. The van der Waals surface area contributed by atoms with E-state index in [1.165, 1.54) is 0 Å². The number of carbonyl (C=O) groups excluding carboxylic acids is 3. The molecule has 1 heterocycles. The minimum Gasteiger partial charge on any atom is -0.272 e. The van der Waals surface area contributed by atoms with Crippen LogP contribution in [0.4, 0.5) is 0 Å². The molecule has 0 aromatic heterocycles. The average molecular weight is 387 g/mol. The highest BCUT2D eigenvalue weighted by atomic mass is 79.9. The fraction of sp³-hybridized carbons (Fsp3) is 0.389. The van der Waals surface area contributed by atoms with Crippen molar-refractivity contribution in [3.05, 3.63) is 46.5 Å². The Hall–Kier alpha value is -1.95. The van der Waals surface area contributed by atoms with Gasteiger partial charge in [0.2, 0.25) is 0 Å². The summed E-state index contributed by atoms with van der Waals surface area (Å²) in [7, 11) is 0. The van der Waals surface area contributed by atoms with Gasteiger partial charge < -0.3 is 0 Å². The Labute approximate surface area is 147 Å². The highest BCUT2D eigenvalue weighted by Crippen LogP contribution is 2.65. The van der Waals surface area contributed by atoms with Crippen LogP contribution in [-0.4, -0.2) is 22.7 Å². The molecule has 4 aliphatic carbocycles. The Morgan fingerprint density at radius 3 is 2.08 bits per heavy atom. The number of amides is 3. The van der Waals surface area contributed by atoms with Crippen LogP contribution in [0, 0.1) is 35.5 Å². The van der Waals surface area contributed by atoms with Gasteiger partial charge in [0.15, 0.2) is 0 Å². The van der Waals surface area contributed by atoms with Crippen LogP contribution in [0.1, 0.15) is 16.8 Å². The number of halogens is 1. The van der Waals surface area contributed by atoms with E-state index in [1.54, 1.807) is 24.3 Å². The molecular formula is C18H15BrN2O3. The summed E-state index contributed by atoms with van der Waals surface area (Å²) in [4.78, 5) is 37.9. The molecule has 3 fully saturated rings. The molecule has 1 saturated heterocycles. The molecule has 5 nitrogen and oxygen atoms in total. The molecule has 0 radical (unpaired) electrons. The van der Waals surface area contributed by atoms with E-state index in [0.29, 0.717) is 17.4 Å². The molecule has 2 saturated carbocycles. The van der Waals surface area contributed by atoms with Crippen LogP contribution >= 0.6 is 15.9 Å². The van der Waals surface area contributed by atoms with Gasteiger partial charge in [-0.05, 0) is 54.4 Å². The Morgan fingerprint density at radius 1 is 1.00 bits per heavy atom. The number of rotatable bonds is 2. The predicted molar refractivity (Wildman–Crippen MR) is 88.2 cm³/mol. The SMILES string of the molecule is O=C(NN1C(=O)[C@@H]2[C@@H]3C=C[C@@H]([C@H]4C[C@@H]34)[C@@H]2C1=O)c1ccc(Br)cc1. The van der Waals surface area contributed by atoms with Crippen molar-refractivity contribution in [3.63, 3.8) is 0 Å².